The molecule has 0 aromatic heterocycles. The third-order valence-electron chi connectivity index (χ3n) is 1.86. The second kappa shape index (κ2) is 7.01. The Hall–Kier alpha value is -0.420. The van der Waals surface area contributed by atoms with E-state index in [-0.39, 0.29) is 19.1 Å². The number of hydrogen-bond donors (Lipinski definition) is 2. The van der Waals surface area contributed by atoms with Crippen molar-refractivity contribution in [2.24, 2.45) is 5.73 Å². The highest BCUT2D eigenvalue weighted by molar-refractivity contribution is 7.54. The van der Waals surface area contributed by atoms with E-state index in [0.717, 1.165) is 0 Å². The fourth-order valence-corrected chi connectivity index (χ4v) is 2.56. The van der Waals surface area contributed by atoms with Crippen molar-refractivity contribution in [3.8, 4) is 0 Å². The zero-order chi connectivity index (χ0) is 12.8. The van der Waals surface area contributed by atoms with Crippen LogP contribution < -0.4 is 11.1 Å². The Bertz CT molecular complexity index is 260. The van der Waals surface area contributed by atoms with E-state index in [4.69, 9.17) is 14.8 Å². The number of amides is 1. The smallest absolute Gasteiger partial charge is 0.341 e. The molecular weight excluding hydrogens is 231 g/mol. The van der Waals surface area contributed by atoms with Gasteiger partial charge in [-0.25, -0.2) is 0 Å². The summed E-state index contributed by atoms with van der Waals surface area (Å²) in [5.74, 6) is -1.09. The van der Waals surface area contributed by atoms with Crippen molar-refractivity contribution < 1.29 is 18.4 Å². The molecule has 0 rings (SSSR count). The monoisotopic (exact) mass is 252 g/mol. The molecule has 6 nitrogen and oxygen atoms in total. The summed E-state index contributed by atoms with van der Waals surface area (Å²) in [5.41, 5.74) is 5.39. The molecule has 16 heavy (non-hydrogen) atoms. The molecule has 0 aliphatic carbocycles. The van der Waals surface area contributed by atoms with Crippen LogP contribution in [0.3, 0.4) is 0 Å². The molecule has 0 aromatic rings. The lowest BCUT2D eigenvalue weighted by Crippen LogP contribution is -2.43. The number of carbonyl (C=O) groups is 1. The average molecular weight is 252 g/mol. The van der Waals surface area contributed by atoms with Gasteiger partial charge in [0.05, 0.1) is 19.3 Å². The third-order valence-corrected chi connectivity index (χ3v) is 4.17. The van der Waals surface area contributed by atoms with E-state index in [1.54, 1.807) is 27.7 Å². The second-order valence-corrected chi connectivity index (χ2v) is 5.72. The van der Waals surface area contributed by atoms with Crippen LogP contribution in [0, 0.1) is 0 Å². The van der Waals surface area contributed by atoms with E-state index in [1.807, 2.05) is 0 Å². The summed E-state index contributed by atoms with van der Waals surface area (Å²) in [7, 11) is -3.29. The highest BCUT2D eigenvalue weighted by Crippen LogP contribution is 2.51. The van der Waals surface area contributed by atoms with Crippen molar-refractivity contribution in [1.29, 1.82) is 0 Å². The lowest BCUT2D eigenvalue weighted by molar-refractivity contribution is -0.122. The minimum absolute atomic E-state index is 0.260. The molecule has 0 saturated carbocycles. The maximum atomic E-state index is 12.2. The van der Waals surface area contributed by atoms with Crippen LogP contribution in [0.25, 0.3) is 0 Å². The maximum absolute atomic E-state index is 12.2. The van der Waals surface area contributed by atoms with Crippen LogP contribution in [0.1, 0.15) is 27.7 Å². The average Bonchev–Trinajstić information content (AvgIpc) is 2.18. The summed E-state index contributed by atoms with van der Waals surface area (Å²) in [6, 6.07) is -0.654. The molecule has 0 spiro atoms. The van der Waals surface area contributed by atoms with Crippen LogP contribution in [0.4, 0.5) is 0 Å². The van der Waals surface area contributed by atoms with Gasteiger partial charge in [-0.2, -0.15) is 0 Å². The van der Waals surface area contributed by atoms with E-state index in [9.17, 15) is 9.36 Å². The quantitative estimate of drug-likeness (QED) is 0.661. The van der Waals surface area contributed by atoms with Gasteiger partial charge in [-0.1, -0.05) is 0 Å². The first-order valence-electron chi connectivity index (χ1n) is 5.32. The van der Waals surface area contributed by atoms with Gasteiger partial charge in [0.25, 0.3) is 0 Å². The highest BCUT2D eigenvalue weighted by Gasteiger charge is 2.33. The summed E-state index contributed by atoms with van der Waals surface area (Å²) >= 11 is 0. The van der Waals surface area contributed by atoms with Crippen molar-refractivity contribution in [1.82, 2.24) is 5.32 Å². The molecular formula is C9H21N2O4P. The number of rotatable bonds is 7. The van der Waals surface area contributed by atoms with Gasteiger partial charge >= 0.3 is 7.60 Å². The van der Waals surface area contributed by atoms with Gasteiger partial charge in [0.2, 0.25) is 5.91 Å². The van der Waals surface area contributed by atoms with E-state index < -0.39 is 19.4 Å². The first kappa shape index (κ1) is 15.6. The van der Waals surface area contributed by atoms with Crippen molar-refractivity contribution in [2.75, 3.05) is 13.2 Å². The van der Waals surface area contributed by atoms with E-state index in [0.29, 0.717) is 0 Å². The Labute approximate surface area is 96.4 Å². The Balaban J connectivity index is 4.56. The molecule has 0 aromatic carbocycles. The molecule has 0 heterocycles. The molecule has 0 aliphatic rings. The molecule has 0 aliphatic heterocycles. The van der Waals surface area contributed by atoms with Crippen molar-refractivity contribution in [2.45, 2.75) is 39.5 Å². The first-order chi connectivity index (χ1) is 7.37. The topological polar surface area (TPSA) is 90.6 Å². The summed E-state index contributed by atoms with van der Waals surface area (Å²) in [6.07, 6.45) is 0. The van der Waals surface area contributed by atoms with Crippen molar-refractivity contribution >= 4 is 13.5 Å². The SMILES string of the molecule is CCOP(=O)(OCC)C(C)NC(=O)C(C)N. The Morgan fingerprint density at radius 2 is 1.75 bits per heavy atom. The molecule has 1 amide bonds. The third kappa shape index (κ3) is 4.61. The highest BCUT2D eigenvalue weighted by atomic mass is 31.2. The van der Waals surface area contributed by atoms with Crippen LogP contribution in [0.5, 0.6) is 0 Å². The Kier molecular flexibility index (Phi) is 6.83. The van der Waals surface area contributed by atoms with Gasteiger partial charge in [-0.3, -0.25) is 9.36 Å². The van der Waals surface area contributed by atoms with Gasteiger partial charge in [-0.15, -0.1) is 0 Å². The molecule has 2 unspecified atom stereocenters. The van der Waals surface area contributed by atoms with E-state index in [1.165, 1.54) is 0 Å². The second-order valence-electron chi connectivity index (χ2n) is 3.35. The van der Waals surface area contributed by atoms with E-state index in [2.05, 4.69) is 5.32 Å². The zero-order valence-electron chi connectivity index (χ0n) is 10.2. The predicted octanol–water partition coefficient (Wildman–Crippen LogP) is 1.06. The summed E-state index contributed by atoms with van der Waals surface area (Å²) < 4.78 is 22.4. The summed E-state index contributed by atoms with van der Waals surface area (Å²) in [5, 5.41) is 2.51. The van der Waals surface area contributed by atoms with Gasteiger partial charge in [0.15, 0.2) is 0 Å². The normalized spacial score (nSPS) is 15.6. The molecule has 0 radical (unpaired) electrons. The lowest BCUT2D eigenvalue weighted by Gasteiger charge is -2.24. The molecule has 0 fully saturated rings. The summed E-state index contributed by atoms with van der Waals surface area (Å²) in [4.78, 5) is 11.3. The van der Waals surface area contributed by atoms with Crippen molar-refractivity contribution in [3.05, 3.63) is 0 Å². The largest absolute Gasteiger partial charge is 0.352 e. The molecule has 3 N–H and O–H groups in total. The maximum Gasteiger partial charge on any atom is 0.352 e. The zero-order valence-corrected chi connectivity index (χ0v) is 11.1. The first-order valence-corrected chi connectivity index (χ1v) is 6.93. The molecule has 7 heteroatoms. The fourth-order valence-electron chi connectivity index (χ4n) is 1.04. The number of nitrogens with two attached hydrogens (primary N) is 1. The number of hydrogen-bond acceptors (Lipinski definition) is 5. The predicted molar refractivity (Wildman–Crippen MR) is 62.1 cm³/mol. The minimum atomic E-state index is -3.29. The van der Waals surface area contributed by atoms with Crippen LogP contribution in [-0.2, 0) is 18.4 Å². The van der Waals surface area contributed by atoms with Crippen molar-refractivity contribution in [3.63, 3.8) is 0 Å². The van der Waals surface area contributed by atoms with Gasteiger partial charge in [0, 0.05) is 0 Å². The van der Waals surface area contributed by atoms with Crippen LogP contribution in [-0.4, -0.2) is 30.9 Å². The van der Waals surface area contributed by atoms with Crippen LogP contribution in [0.2, 0.25) is 0 Å². The lowest BCUT2D eigenvalue weighted by atomic mass is 10.3. The molecule has 2 atom stereocenters. The Morgan fingerprint density at radius 3 is 2.06 bits per heavy atom. The molecule has 96 valence electrons. The number of nitrogens with one attached hydrogen (secondary N) is 1. The van der Waals surface area contributed by atoms with Gasteiger partial charge < -0.3 is 20.1 Å². The summed E-state index contributed by atoms with van der Waals surface area (Å²) in [6.45, 7) is 7.07. The Morgan fingerprint density at radius 1 is 1.31 bits per heavy atom. The van der Waals surface area contributed by atoms with Crippen LogP contribution >= 0.6 is 7.60 Å². The van der Waals surface area contributed by atoms with Gasteiger partial charge in [0.1, 0.15) is 5.78 Å². The minimum Gasteiger partial charge on any atom is -0.341 e. The standard InChI is InChI=1S/C9H21N2O4P/c1-5-14-16(13,15-6-2)8(4)11-9(12)7(3)10/h7-8H,5-6,10H2,1-4H3,(H,11,12). The number of carbonyl (C=O) groups excluding carboxylic acids is 1. The van der Waals surface area contributed by atoms with Crippen LogP contribution in [0.15, 0.2) is 0 Å². The van der Waals surface area contributed by atoms with Gasteiger partial charge in [-0.05, 0) is 27.7 Å². The molecule has 0 saturated heterocycles. The van der Waals surface area contributed by atoms with E-state index >= 15 is 0 Å². The molecule has 0 bridgehead atoms. The fraction of sp³-hybridized carbons (Fsp3) is 0.889.